The molecule has 2 atom stereocenters. The highest BCUT2D eigenvalue weighted by molar-refractivity contribution is 14.1. The molecule has 0 amide bonds. The molecule has 112 valence electrons. The third-order valence-corrected chi connectivity index (χ3v) is 4.03. The van der Waals surface area contributed by atoms with Crippen LogP contribution in [-0.4, -0.2) is 13.2 Å². The van der Waals surface area contributed by atoms with Gasteiger partial charge in [-0.05, 0) is 64.9 Å². The van der Waals surface area contributed by atoms with Crippen molar-refractivity contribution in [3.8, 4) is 11.5 Å². The fourth-order valence-corrected chi connectivity index (χ4v) is 2.61. The van der Waals surface area contributed by atoms with E-state index in [1.54, 1.807) is 7.11 Å². The Kier molecular flexibility index (Phi) is 5.87. The molecule has 0 saturated heterocycles. The van der Waals surface area contributed by atoms with Crippen LogP contribution in [0.15, 0.2) is 48.5 Å². The van der Waals surface area contributed by atoms with E-state index in [1.165, 1.54) is 0 Å². The van der Waals surface area contributed by atoms with Crippen LogP contribution in [0.2, 0.25) is 0 Å². The van der Waals surface area contributed by atoms with E-state index in [4.69, 9.17) is 15.2 Å². The highest BCUT2D eigenvalue weighted by Crippen LogP contribution is 2.27. The van der Waals surface area contributed by atoms with Gasteiger partial charge in [-0.2, -0.15) is 0 Å². The molecule has 2 aromatic rings. The zero-order valence-corrected chi connectivity index (χ0v) is 14.4. The van der Waals surface area contributed by atoms with E-state index in [1.807, 2.05) is 48.5 Å². The predicted molar refractivity (Wildman–Crippen MR) is 93.8 cm³/mol. The van der Waals surface area contributed by atoms with Gasteiger partial charge in [-0.1, -0.05) is 25.1 Å². The molecule has 0 saturated carbocycles. The smallest absolute Gasteiger partial charge is 0.139 e. The quantitative estimate of drug-likeness (QED) is 0.745. The maximum Gasteiger partial charge on any atom is 0.139 e. The first-order chi connectivity index (χ1) is 10.1. The summed E-state index contributed by atoms with van der Waals surface area (Å²) < 4.78 is 12.5. The Bertz CT molecular complexity index is 571. The first kappa shape index (κ1) is 16.1. The van der Waals surface area contributed by atoms with E-state index in [-0.39, 0.29) is 12.1 Å². The second-order valence-electron chi connectivity index (χ2n) is 4.84. The van der Waals surface area contributed by atoms with E-state index in [0.29, 0.717) is 0 Å². The summed E-state index contributed by atoms with van der Waals surface area (Å²) in [6.45, 7) is 2.07. The molecule has 21 heavy (non-hydrogen) atoms. The number of halogens is 1. The van der Waals surface area contributed by atoms with Crippen LogP contribution in [0.4, 0.5) is 0 Å². The summed E-state index contributed by atoms with van der Waals surface area (Å²) in [5, 5.41) is 0. The largest absolute Gasteiger partial charge is 0.497 e. The minimum atomic E-state index is -0.167. The summed E-state index contributed by atoms with van der Waals surface area (Å²) in [4.78, 5) is 0. The van der Waals surface area contributed by atoms with Crippen LogP contribution in [0.25, 0.3) is 0 Å². The highest BCUT2D eigenvalue weighted by atomic mass is 127. The van der Waals surface area contributed by atoms with Crippen LogP contribution in [0.1, 0.15) is 25.0 Å². The predicted octanol–water partition coefficient (Wildman–Crippen LogP) is 4.16. The van der Waals surface area contributed by atoms with Crippen molar-refractivity contribution in [2.75, 3.05) is 7.11 Å². The molecule has 0 aliphatic carbocycles. The molecule has 2 unspecified atom stereocenters. The second kappa shape index (κ2) is 7.66. The van der Waals surface area contributed by atoms with Crippen LogP contribution >= 0.6 is 22.6 Å². The average Bonchev–Trinajstić information content (AvgIpc) is 2.52. The lowest BCUT2D eigenvalue weighted by molar-refractivity contribution is 0.171. The summed E-state index contributed by atoms with van der Waals surface area (Å²) >= 11 is 2.28. The summed E-state index contributed by atoms with van der Waals surface area (Å²) in [6, 6.07) is 15.8. The number of hydrogen-bond donors (Lipinski definition) is 1. The van der Waals surface area contributed by atoms with Crippen LogP contribution in [0, 0.1) is 3.57 Å². The Balaban J connectivity index is 2.25. The molecule has 2 aromatic carbocycles. The van der Waals surface area contributed by atoms with Crippen molar-refractivity contribution >= 4 is 22.6 Å². The normalized spacial score (nSPS) is 13.5. The van der Waals surface area contributed by atoms with E-state index in [0.717, 1.165) is 27.1 Å². The van der Waals surface area contributed by atoms with E-state index in [9.17, 15) is 0 Å². The third-order valence-electron chi connectivity index (χ3n) is 3.36. The molecule has 3 nitrogen and oxygen atoms in total. The zero-order valence-electron chi connectivity index (χ0n) is 12.3. The maximum atomic E-state index is 6.25. The van der Waals surface area contributed by atoms with Crippen molar-refractivity contribution < 1.29 is 9.47 Å². The molecule has 4 heteroatoms. The molecule has 0 spiro atoms. The highest BCUT2D eigenvalue weighted by Gasteiger charge is 2.20. The third kappa shape index (κ3) is 4.35. The molecule has 0 aliphatic heterocycles. The maximum absolute atomic E-state index is 6.25. The molecule has 0 aromatic heterocycles. The molecule has 0 bridgehead atoms. The number of ether oxygens (including phenoxy) is 2. The van der Waals surface area contributed by atoms with Crippen molar-refractivity contribution in [2.24, 2.45) is 5.73 Å². The fraction of sp³-hybridized carbons (Fsp3) is 0.294. The van der Waals surface area contributed by atoms with Crippen molar-refractivity contribution in [1.82, 2.24) is 0 Å². The number of rotatable bonds is 6. The summed E-state index contributed by atoms with van der Waals surface area (Å²) in [7, 11) is 1.66. The molecule has 0 aliphatic rings. The lowest BCUT2D eigenvalue weighted by Crippen LogP contribution is -2.31. The number of nitrogens with two attached hydrogens (primary N) is 1. The molecular weight excluding hydrogens is 377 g/mol. The topological polar surface area (TPSA) is 44.5 Å². The van der Waals surface area contributed by atoms with Gasteiger partial charge in [0.25, 0.3) is 0 Å². The van der Waals surface area contributed by atoms with Crippen molar-refractivity contribution in [3.05, 3.63) is 57.7 Å². The first-order valence-corrected chi connectivity index (χ1v) is 8.03. The van der Waals surface area contributed by atoms with Crippen LogP contribution in [0.3, 0.4) is 0 Å². The van der Waals surface area contributed by atoms with Gasteiger partial charge in [0.1, 0.15) is 17.6 Å². The number of benzene rings is 2. The lowest BCUT2D eigenvalue weighted by Gasteiger charge is -2.25. The van der Waals surface area contributed by atoms with Gasteiger partial charge in [-0.15, -0.1) is 0 Å². The molecule has 2 rings (SSSR count). The second-order valence-corrected chi connectivity index (χ2v) is 6.09. The van der Waals surface area contributed by atoms with E-state index in [2.05, 4.69) is 29.5 Å². The molecular formula is C17H20INO2. The summed E-state index contributed by atoms with van der Waals surface area (Å²) in [6.07, 6.45) is 0.680. The zero-order chi connectivity index (χ0) is 15.2. The Morgan fingerprint density at radius 2 is 1.81 bits per heavy atom. The molecule has 0 radical (unpaired) electrons. The monoisotopic (exact) mass is 397 g/mol. The minimum absolute atomic E-state index is 0.0590. The van der Waals surface area contributed by atoms with E-state index >= 15 is 0 Å². The number of methoxy groups -OCH3 is 1. The summed E-state index contributed by atoms with van der Waals surface area (Å²) in [5.74, 6) is 1.67. The molecule has 2 N–H and O–H groups in total. The van der Waals surface area contributed by atoms with Gasteiger partial charge >= 0.3 is 0 Å². The van der Waals surface area contributed by atoms with Gasteiger partial charge in [-0.25, -0.2) is 0 Å². The van der Waals surface area contributed by atoms with Gasteiger partial charge in [0.15, 0.2) is 0 Å². The van der Waals surface area contributed by atoms with Crippen LogP contribution in [0.5, 0.6) is 11.5 Å². The van der Waals surface area contributed by atoms with Gasteiger partial charge in [0.2, 0.25) is 0 Å². The van der Waals surface area contributed by atoms with Gasteiger partial charge in [0, 0.05) is 9.61 Å². The van der Waals surface area contributed by atoms with Crippen LogP contribution < -0.4 is 15.2 Å². The van der Waals surface area contributed by atoms with Gasteiger partial charge in [0.05, 0.1) is 7.11 Å². The summed E-state index contributed by atoms with van der Waals surface area (Å²) in [5.41, 5.74) is 7.31. The Morgan fingerprint density at radius 1 is 1.10 bits per heavy atom. The number of hydrogen-bond acceptors (Lipinski definition) is 3. The van der Waals surface area contributed by atoms with Gasteiger partial charge in [-0.3, -0.25) is 0 Å². The fourth-order valence-electron chi connectivity index (χ4n) is 2.10. The minimum Gasteiger partial charge on any atom is -0.497 e. The average molecular weight is 397 g/mol. The lowest BCUT2D eigenvalue weighted by atomic mass is 10.0. The Morgan fingerprint density at radius 3 is 2.38 bits per heavy atom. The Labute approximate surface area is 139 Å². The molecule has 0 heterocycles. The Hall–Kier alpha value is -1.27. The standard InChI is InChI=1S/C17H20INO2/c1-3-16(19)17(12-7-9-14(20-2)10-8-12)21-15-6-4-5-13(18)11-15/h4-11,16-17H,3,19H2,1-2H3. The first-order valence-electron chi connectivity index (χ1n) is 6.95. The van der Waals surface area contributed by atoms with E-state index < -0.39 is 0 Å². The van der Waals surface area contributed by atoms with Gasteiger partial charge < -0.3 is 15.2 Å². The van der Waals surface area contributed by atoms with Crippen molar-refractivity contribution in [2.45, 2.75) is 25.5 Å². The molecule has 0 fully saturated rings. The van der Waals surface area contributed by atoms with Crippen LogP contribution in [-0.2, 0) is 0 Å². The SMILES string of the molecule is CCC(N)C(Oc1cccc(I)c1)c1ccc(OC)cc1. The van der Waals surface area contributed by atoms with Crippen molar-refractivity contribution in [3.63, 3.8) is 0 Å². The van der Waals surface area contributed by atoms with Crippen molar-refractivity contribution in [1.29, 1.82) is 0 Å².